The van der Waals surface area contributed by atoms with Gasteiger partial charge in [-0.1, -0.05) is 0 Å². The van der Waals surface area contributed by atoms with Crippen molar-refractivity contribution in [3.8, 4) is 0 Å². The molecule has 1 rings (SSSR count). The quantitative estimate of drug-likeness (QED) is 0.538. The molecule has 0 radical (unpaired) electrons. The molecule has 88 valence electrons. The van der Waals surface area contributed by atoms with Crippen LogP contribution in [0.3, 0.4) is 0 Å². The van der Waals surface area contributed by atoms with Gasteiger partial charge >= 0.3 is 0 Å². The van der Waals surface area contributed by atoms with Crippen LogP contribution < -0.4 is 0 Å². The van der Waals surface area contributed by atoms with Gasteiger partial charge in [0.1, 0.15) is 25.1 Å². The van der Waals surface area contributed by atoms with Crippen molar-refractivity contribution in [3.05, 3.63) is 0 Å². The van der Waals surface area contributed by atoms with E-state index >= 15 is 0 Å². The van der Waals surface area contributed by atoms with E-state index in [1.54, 1.807) is 0 Å². The van der Waals surface area contributed by atoms with E-state index in [9.17, 15) is 29.4 Å². The van der Waals surface area contributed by atoms with Crippen molar-refractivity contribution in [2.75, 3.05) is 0 Å². The molecular weight excluding hydrogens is 216 g/mol. The average molecular weight is 228 g/mol. The van der Waals surface area contributed by atoms with Crippen molar-refractivity contribution in [1.29, 1.82) is 0 Å². The van der Waals surface area contributed by atoms with Crippen molar-refractivity contribution in [3.63, 3.8) is 0 Å². The van der Waals surface area contributed by atoms with Gasteiger partial charge in [0.25, 0.3) is 0 Å². The molecule has 4 atom stereocenters. The van der Waals surface area contributed by atoms with E-state index in [0.717, 1.165) is 0 Å². The van der Waals surface area contributed by atoms with E-state index in [2.05, 4.69) is 0 Å². The van der Waals surface area contributed by atoms with Crippen LogP contribution in [0.5, 0.6) is 0 Å². The number of aliphatic hydroxyl groups excluding tert-OH is 2. The van der Waals surface area contributed by atoms with Crippen LogP contribution in [-0.2, 0) is 19.2 Å². The zero-order valence-electron chi connectivity index (χ0n) is 8.30. The summed E-state index contributed by atoms with van der Waals surface area (Å²) < 4.78 is 0. The molecule has 0 amide bonds. The summed E-state index contributed by atoms with van der Waals surface area (Å²) in [6.07, 6.45) is -1.53. The van der Waals surface area contributed by atoms with Crippen LogP contribution in [0.4, 0.5) is 0 Å². The van der Waals surface area contributed by atoms with E-state index in [1.165, 1.54) is 0 Å². The molecule has 0 bridgehead atoms. The molecule has 0 saturated heterocycles. The number of carbonyl (C=O) groups excluding carboxylic acids is 4. The van der Waals surface area contributed by atoms with Gasteiger partial charge in [-0.15, -0.1) is 0 Å². The van der Waals surface area contributed by atoms with E-state index in [1.807, 2.05) is 0 Å². The fourth-order valence-corrected chi connectivity index (χ4v) is 2.11. The standard InChI is InChI=1S/C10H12O6/c11-1-5-6(2-12)10(16)8(4-14)7(3-13)9(5)15/h1-10,15-16H. The highest BCUT2D eigenvalue weighted by Crippen LogP contribution is 2.35. The summed E-state index contributed by atoms with van der Waals surface area (Å²) in [5, 5.41) is 19.3. The molecule has 6 heteroatoms. The summed E-state index contributed by atoms with van der Waals surface area (Å²) in [5.41, 5.74) is 0. The first-order valence-corrected chi connectivity index (χ1v) is 4.79. The molecule has 16 heavy (non-hydrogen) atoms. The molecule has 1 aliphatic carbocycles. The zero-order chi connectivity index (χ0) is 12.3. The number of hydrogen-bond donors (Lipinski definition) is 2. The number of aliphatic hydroxyl groups is 2. The van der Waals surface area contributed by atoms with Gasteiger partial charge in [0.2, 0.25) is 0 Å². The maximum absolute atomic E-state index is 10.7. The zero-order valence-corrected chi connectivity index (χ0v) is 8.30. The third-order valence-corrected chi connectivity index (χ3v) is 3.09. The molecule has 1 fully saturated rings. The first-order chi connectivity index (χ1) is 7.62. The van der Waals surface area contributed by atoms with Gasteiger partial charge in [0, 0.05) is 0 Å². The topological polar surface area (TPSA) is 109 Å². The van der Waals surface area contributed by atoms with Gasteiger partial charge in [0.15, 0.2) is 0 Å². The van der Waals surface area contributed by atoms with Crippen LogP contribution >= 0.6 is 0 Å². The van der Waals surface area contributed by atoms with Gasteiger partial charge in [-0.3, -0.25) is 0 Å². The molecule has 0 aromatic heterocycles. The summed E-state index contributed by atoms with van der Waals surface area (Å²) in [6, 6.07) is 0. The SMILES string of the molecule is O=CC1C(O)C(C=O)C(C=O)C(O)C1C=O. The van der Waals surface area contributed by atoms with Gasteiger partial charge in [-0.25, -0.2) is 0 Å². The Labute approximate surface area is 91.3 Å². The number of rotatable bonds is 4. The minimum atomic E-state index is -1.41. The second-order valence-corrected chi connectivity index (χ2v) is 3.83. The van der Waals surface area contributed by atoms with Crippen molar-refractivity contribution in [2.45, 2.75) is 12.2 Å². The van der Waals surface area contributed by atoms with E-state index in [4.69, 9.17) is 0 Å². The molecule has 1 aliphatic rings. The van der Waals surface area contributed by atoms with Crippen molar-refractivity contribution < 1.29 is 29.4 Å². The molecule has 0 aromatic carbocycles. The van der Waals surface area contributed by atoms with Crippen molar-refractivity contribution in [1.82, 2.24) is 0 Å². The molecule has 4 unspecified atom stereocenters. The first kappa shape index (κ1) is 12.7. The highest BCUT2D eigenvalue weighted by Gasteiger charge is 2.49. The molecule has 0 heterocycles. The van der Waals surface area contributed by atoms with Gasteiger partial charge in [0.05, 0.1) is 35.9 Å². The Morgan fingerprint density at radius 2 is 0.750 bits per heavy atom. The van der Waals surface area contributed by atoms with Crippen LogP contribution in [0.1, 0.15) is 0 Å². The third-order valence-electron chi connectivity index (χ3n) is 3.09. The fourth-order valence-electron chi connectivity index (χ4n) is 2.11. The largest absolute Gasteiger partial charge is 0.392 e. The highest BCUT2D eigenvalue weighted by molar-refractivity contribution is 5.74. The van der Waals surface area contributed by atoms with Crippen LogP contribution in [0, 0.1) is 23.7 Å². The summed E-state index contributed by atoms with van der Waals surface area (Å²) in [5.74, 6) is -4.62. The Morgan fingerprint density at radius 1 is 0.562 bits per heavy atom. The highest BCUT2D eigenvalue weighted by atomic mass is 16.3. The third kappa shape index (κ3) is 1.81. The Hall–Kier alpha value is -1.40. The lowest BCUT2D eigenvalue weighted by Crippen LogP contribution is -2.54. The van der Waals surface area contributed by atoms with Crippen LogP contribution in [0.15, 0.2) is 0 Å². The van der Waals surface area contributed by atoms with Crippen molar-refractivity contribution in [2.24, 2.45) is 23.7 Å². The minimum absolute atomic E-state index is 0.324. The Bertz CT molecular complexity index is 244. The number of hydrogen-bond acceptors (Lipinski definition) is 6. The predicted octanol–water partition coefficient (Wildman–Crippen LogP) is -2.02. The Morgan fingerprint density at radius 3 is 0.875 bits per heavy atom. The van der Waals surface area contributed by atoms with Crippen LogP contribution in [0.25, 0.3) is 0 Å². The lowest BCUT2D eigenvalue weighted by atomic mass is 9.66. The van der Waals surface area contributed by atoms with E-state index in [0.29, 0.717) is 25.1 Å². The second-order valence-electron chi connectivity index (χ2n) is 3.83. The minimum Gasteiger partial charge on any atom is -0.392 e. The smallest absolute Gasteiger partial charge is 0.126 e. The molecule has 0 spiro atoms. The maximum atomic E-state index is 10.7. The fraction of sp³-hybridized carbons (Fsp3) is 0.600. The van der Waals surface area contributed by atoms with Gasteiger partial charge in [-0.2, -0.15) is 0 Å². The average Bonchev–Trinajstić information content (AvgIpc) is 2.30. The molecule has 1 saturated carbocycles. The normalized spacial score (nSPS) is 43.4. The summed E-state index contributed by atoms with van der Waals surface area (Å²) in [7, 11) is 0. The summed E-state index contributed by atoms with van der Waals surface area (Å²) >= 11 is 0. The molecule has 2 N–H and O–H groups in total. The first-order valence-electron chi connectivity index (χ1n) is 4.79. The molecular formula is C10H12O6. The van der Waals surface area contributed by atoms with E-state index in [-0.39, 0.29) is 0 Å². The van der Waals surface area contributed by atoms with Gasteiger partial charge in [-0.05, 0) is 0 Å². The Balaban J connectivity index is 3.10. The van der Waals surface area contributed by atoms with Crippen LogP contribution in [0.2, 0.25) is 0 Å². The molecule has 6 nitrogen and oxygen atoms in total. The lowest BCUT2D eigenvalue weighted by molar-refractivity contribution is -0.155. The van der Waals surface area contributed by atoms with Crippen molar-refractivity contribution >= 4 is 25.1 Å². The monoisotopic (exact) mass is 228 g/mol. The number of aldehydes is 4. The predicted molar refractivity (Wildman–Crippen MR) is 50.2 cm³/mol. The maximum Gasteiger partial charge on any atom is 0.126 e. The molecule has 0 aromatic rings. The number of carbonyl (C=O) groups is 4. The summed E-state index contributed by atoms with van der Waals surface area (Å²) in [4.78, 5) is 42.8. The Kier molecular flexibility index (Phi) is 4.03. The second kappa shape index (κ2) is 5.09. The summed E-state index contributed by atoms with van der Waals surface area (Å²) in [6.45, 7) is 0. The van der Waals surface area contributed by atoms with E-state index < -0.39 is 35.9 Å². The molecule has 0 aliphatic heterocycles. The van der Waals surface area contributed by atoms with Crippen LogP contribution in [-0.4, -0.2) is 47.6 Å². The lowest BCUT2D eigenvalue weighted by Gasteiger charge is -2.40. The van der Waals surface area contributed by atoms with Gasteiger partial charge < -0.3 is 29.4 Å².